The highest BCUT2D eigenvalue weighted by Crippen LogP contribution is 2.24. The first-order valence-corrected chi connectivity index (χ1v) is 4.46. The summed E-state index contributed by atoms with van der Waals surface area (Å²) in [5.41, 5.74) is 0.999. The minimum atomic E-state index is 0.503. The maximum Gasteiger partial charge on any atom is 0.122 e. The predicted octanol–water partition coefficient (Wildman–Crippen LogP) is 1.84. The highest BCUT2D eigenvalue weighted by Gasteiger charge is 2.03. The second kappa shape index (κ2) is 5.27. The molecule has 0 amide bonds. The van der Waals surface area contributed by atoms with Crippen molar-refractivity contribution in [3.63, 3.8) is 0 Å². The van der Waals surface area contributed by atoms with Crippen LogP contribution in [0, 0.1) is 0 Å². The van der Waals surface area contributed by atoms with E-state index in [1.807, 2.05) is 18.2 Å². The number of hydrogen-bond acceptors (Lipinski definition) is 3. The number of carbonyl (C=O) groups is 1. The lowest BCUT2D eigenvalue weighted by Gasteiger charge is -2.08. The number of aryl methyl sites for hydroxylation is 1. The smallest absolute Gasteiger partial charge is 0.122 e. The molecule has 0 radical (unpaired) electrons. The van der Waals surface area contributed by atoms with Crippen molar-refractivity contribution in [3.8, 4) is 11.5 Å². The minimum Gasteiger partial charge on any atom is -0.497 e. The molecule has 0 aliphatic heterocycles. The van der Waals surface area contributed by atoms with Gasteiger partial charge in [0, 0.05) is 6.42 Å². The summed E-state index contributed by atoms with van der Waals surface area (Å²) in [5.74, 6) is 1.58. The molecule has 0 aliphatic rings. The lowest BCUT2D eigenvalue weighted by molar-refractivity contribution is -0.107. The van der Waals surface area contributed by atoms with Gasteiger partial charge in [0.25, 0.3) is 0 Å². The van der Waals surface area contributed by atoms with Crippen LogP contribution in [0.2, 0.25) is 0 Å². The Morgan fingerprint density at radius 2 is 2.07 bits per heavy atom. The Kier molecular flexibility index (Phi) is 3.98. The summed E-state index contributed by atoms with van der Waals surface area (Å²) in [7, 11) is 3.23. The topological polar surface area (TPSA) is 35.5 Å². The van der Waals surface area contributed by atoms with E-state index < -0.39 is 0 Å². The van der Waals surface area contributed by atoms with E-state index in [0.29, 0.717) is 12.8 Å². The van der Waals surface area contributed by atoms with E-state index >= 15 is 0 Å². The van der Waals surface area contributed by atoms with Crippen LogP contribution in [0.25, 0.3) is 0 Å². The van der Waals surface area contributed by atoms with Gasteiger partial charge < -0.3 is 14.3 Å². The van der Waals surface area contributed by atoms with E-state index in [9.17, 15) is 4.79 Å². The van der Waals surface area contributed by atoms with Gasteiger partial charge in [-0.05, 0) is 30.2 Å². The third-order valence-corrected chi connectivity index (χ3v) is 2.02. The molecular weight excluding hydrogens is 180 g/mol. The standard InChI is InChI=1S/C11H14O3/c1-13-10-5-6-11(14-2)9(8-10)4-3-7-12/h5-8H,3-4H2,1-2H3. The second-order valence-electron chi connectivity index (χ2n) is 2.88. The first-order valence-electron chi connectivity index (χ1n) is 4.46. The molecule has 14 heavy (non-hydrogen) atoms. The Bertz CT molecular complexity index is 307. The average Bonchev–Trinajstić information content (AvgIpc) is 2.25. The van der Waals surface area contributed by atoms with Crippen LogP contribution < -0.4 is 9.47 Å². The summed E-state index contributed by atoms with van der Waals surface area (Å²) in [6.45, 7) is 0. The molecule has 0 N–H and O–H groups in total. The highest BCUT2D eigenvalue weighted by atomic mass is 16.5. The van der Waals surface area contributed by atoms with E-state index in [0.717, 1.165) is 23.3 Å². The summed E-state index contributed by atoms with van der Waals surface area (Å²) in [4.78, 5) is 10.3. The molecule has 0 heterocycles. The Labute approximate surface area is 83.6 Å². The van der Waals surface area contributed by atoms with E-state index in [1.165, 1.54) is 0 Å². The molecule has 1 rings (SSSR count). The van der Waals surface area contributed by atoms with E-state index in [2.05, 4.69) is 0 Å². The van der Waals surface area contributed by atoms with Gasteiger partial charge in [-0.1, -0.05) is 0 Å². The third-order valence-electron chi connectivity index (χ3n) is 2.02. The zero-order chi connectivity index (χ0) is 10.4. The van der Waals surface area contributed by atoms with E-state index in [4.69, 9.17) is 9.47 Å². The summed E-state index contributed by atoms with van der Waals surface area (Å²) in [6.07, 6.45) is 2.09. The van der Waals surface area contributed by atoms with Crippen LogP contribution >= 0.6 is 0 Å². The van der Waals surface area contributed by atoms with Crippen molar-refractivity contribution in [2.45, 2.75) is 12.8 Å². The maximum atomic E-state index is 10.3. The Hall–Kier alpha value is -1.51. The number of ether oxygens (including phenoxy) is 2. The van der Waals surface area contributed by atoms with Crippen LogP contribution in [0.3, 0.4) is 0 Å². The van der Waals surface area contributed by atoms with Gasteiger partial charge >= 0.3 is 0 Å². The molecule has 0 saturated heterocycles. The van der Waals surface area contributed by atoms with Gasteiger partial charge in [-0.25, -0.2) is 0 Å². The van der Waals surface area contributed by atoms with Crippen molar-refractivity contribution in [2.24, 2.45) is 0 Å². The quantitative estimate of drug-likeness (QED) is 0.671. The molecule has 0 spiro atoms. The van der Waals surface area contributed by atoms with Crippen LogP contribution in [-0.2, 0) is 11.2 Å². The van der Waals surface area contributed by atoms with Crippen LogP contribution in [0.4, 0.5) is 0 Å². The van der Waals surface area contributed by atoms with E-state index in [-0.39, 0.29) is 0 Å². The predicted molar refractivity (Wildman–Crippen MR) is 53.9 cm³/mol. The second-order valence-corrected chi connectivity index (χ2v) is 2.88. The van der Waals surface area contributed by atoms with Crippen LogP contribution in [0.15, 0.2) is 18.2 Å². The number of aldehydes is 1. The average molecular weight is 194 g/mol. The fraction of sp³-hybridized carbons (Fsp3) is 0.364. The maximum absolute atomic E-state index is 10.3. The Balaban J connectivity index is 2.89. The molecule has 0 aliphatic carbocycles. The van der Waals surface area contributed by atoms with Crippen molar-refractivity contribution < 1.29 is 14.3 Å². The van der Waals surface area contributed by atoms with Crippen molar-refractivity contribution in [1.82, 2.24) is 0 Å². The molecule has 0 unspecified atom stereocenters. The largest absolute Gasteiger partial charge is 0.497 e. The number of benzene rings is 1. The van der Waals surface area contributed by atoms with Crippen molar-refractivity contribution in [3.05, 3.63) is 23.8 Å². The van der Waals surface area contributed by atoms with Crippen molar-refractivity contribution in [2.75, 3.05) is 14.2 Å². The van der Waals surface area contributed by atoms with Gasteiger partial charge in [-0.15, -0.1) is 0 Å². The fourth-order valence-corrected chi connectivity index (χ4v) is 1.29. The van der Waals surface area contributed by atoms with E-state index in [1.54, 1.807) is 14.2 Å². The van der Waals surface area contributed by atoms with Gasteiger partial charge in [-0.3, -0.25) is 0 Å². The number of rotatable bonds is 5. The normalized spacial score (nSPS) is 9.57. The van der Waals surface area contributed by atoms with Crippen LogP contribution in [-0.4, -0.2) is 20.5 Å². The molecular formula is C11H14O3. The zero-order valence-corrected chi connectivity index (χ0v) is 8.45. The lowest BCUT2D eigenvalue weighted by atomic mass is 10.1. The first-order chi connectivity index (χ1) is 6.81. The molecule has 1 aromatic rings. The molecule has 76 valence electrons. The highest BCUT2D eigenvalue weighted by molar-refractivity contribution is 5.51. The Morgan fingerprint density at radius 1 is 1.29 bits per heavy atom. The zero-order valence-electron chi connectivity index (χ0n) is 8.45. The monoisotopic (exact) mass is 194 g/mol. The van der Waals surface area contributed by atoms with Crippen molar-refractivity contribution >= 4 is 6.29 Å². The molecule has 0 aromatic heterocycles. The van der Waals surface area contributed by atoms with Gasteiger partial charge in [0.2, 0.25) is 0 Å². The number of hydrogen-bond donors (Lipinski definition) is 0. The molecule has 0 atom stereocenters. The summed E-state index contributed by atoms with van der Waals surface area (Å²) in [5, 5.41) is 0. The third kappa shape index (κ3) is 2.49. The van der Waals surface area contributed by atoms with Crippen LogP contribution in [0.5, 0.6) is 11.5 Å². The summed E-state index contributed by atoms with van der Waals surface area (Å²) >= 11 is 0. The van der Waals surface area contributed by atoms with Gasteiger partial charge in [0.1, 0.15) is 17.8 Å². The molecule has 0 fully saturated rings. The SMILES string of the molecule is COc1ccc(OC)c(CCC=O)c1. The number of methoxy groups -OCH3 is 2. The molecule has 1 aromatic carbocycles. The molecule has 0 bridgehead atoms. The molecule has 3 heteroatoms. The van der Waals surface area contributed by atoms with Gasteiger partial charge in [-0.2, -0.15) is 0 Å². The molecule has 3 nitrogen and oxygen atoms in total. The number of carbonyl (C=O) groups excluding carboxylic acids is 1. The summed E-state index contributed by atoms with van der Waals surface area (Å²) in [6, 6.07) is 5.57. The summed E-state index contributed by atoms with van der Waals surface area (Å²) < 4.78 is 10.3. The first kappa shape index (κ1) is 10.6. The lowest BCUT2D eigenvalue weighted by Crippen LogP contribution is -1.94. The fourth-order valence-electron chi connectivity index (χ4n) is 1.29. The van der Waals surface area contributed by atoms with Crippen LogP contribution in [0.1, 0.15) is 12.0 Å². The Morgan fingerprint density at radius 3 is 2.64 bits per heavy atom. The van der Waals surface area contributed by atoms with Gasteiger partial charge in [0.15, 0.2) is 0 Å². The van der Waals surface area contributed by atoms with Gasteiger partial charge in [0.05, 0.1) is 14.2 Å². The molecule has 0 saturated carbocycles. The van der Waals surface area contributed by atoms with Crippen molar-refractivity contribution in [1.29, 1.82) is 0 Å². The minimum absolute atomic E-state index is 0.503.